The van der Waals surface area contributed by atoms with E-state index in [9.17, 15) is 0 Å². The van der Waals surface area contributed by atoms with Crippen LogP contribution in [0.2, 0.25) is 5.02 Å². The van der Waals surface area contributed by atoms with Gasteiger partial charge in [0.25, 0.3) is 0 Å². The van der Waals surface area contributed by atoms with Gasteiger partial charge in [-0.2, -0.15) is 0 Å². The number of hydrogen-bond donors (Lipinski definition) is 2. The van der Waals surface area contributed by atoms with E-state index in [0.717, 1.165) is 21.6 Å². The maximum absolute atomic E-state index is 6.21. The fourth-order valence-corrected chi connectivity index (χ4v) is 3.43. The van der Waals surface area contributed by atoms with E-state index in [1.54, 1.807) is 0 Å². The molecule has 2 heterocycles. The molecule has 1 aliphatic heterocycles. The van der Waals surface area contributed by atoms with E-state index in [1.807, 2.05) is 12.1 Å². The number of aromatic nitrogens is 1. The second-order valence-corrected chi connectivity index (χ2v) is 5.72. The van der Waals surface area contributed by atoms with E-state index >= 15 is 0 Å². The minimum atomic E-state index is 0.418. The lowest BCUT2D eigenvalue weighted by Crippen LogP contribution is -2.27. The molecule has 1 atom stereocenters. The predicted octanol–water partition coefficient (Wildman–Crippen LogP) is 4.40. The third-order valence-electron chi connectivity index (χ3n) is 3.40. The number of nitrogens with one attached hydrogen (secondary N) is 2. The van der Waals surface area contributed by atoms with Crippen LogP contribution in [0.25, 0.3) is 10.9 Å². The third-order valence-corrected chi connectivity index (χ3v) is 4.57. The number of H-pyrrole nitrogens is 1. The van der Waals surface area contributed by atoms with Gasteiger partial charge in [0.1, 0.15) is 0 Å². The molecular formula is C13H14BrClN2. The Balaban J connectivity index is 2.10. The standard InChI is InChI=1S/C13H14BrClN2/c14-11-8-4-3-5-9(15)12(8)17-13(11)10-6-1-2-7-16-10/h3-5,10,16-17H,1-2,6-7H2. The summed E-state index contributed by atoms with van der Waals surface area (Å²) in [6.07, 6.45) is 3.74. The Hall–Kier alpha value is -0.510. The second kappa shape index (κ2) is 4.63. The molecule has 2 N–H and O–H groups in total. The quantitative estimate of drug-likeness (QED) is 0.802. The third kappa shape index (κ3) is 2.01. The van der Waals surface area contributed by atoms with Gasteiger partial charge in [0.15, 0.2) is 0 Å². The molecule has 0 aliphatic carbocycles. The molecule has 3 rings (SSSR count). The van der Waals surface area contributed by atoms with Crippen LogP contribution in [0.3, 0.4) is 0 Å². The highest BCUT2D eigenvalue weighted by molar-refractivity contribution is 9.10. The van der Waals surface area contributed by atoms with E-state index in [1.165, 1.54) is 30.3 Å². The Bertz CT molecular complexity index is 544. The zero-order chi connectivity index (χ0) is 11.8. The first kappa shape index (κ1) is 11.6. The summed E-state index contributed by atoms with van der Waals surface area (Å²) >= 11 is 9.90. The van der Waals surface area contributed by atoms with Crippen LogP contribution >= 0.6 is 27.5 Å². The lowest BCUT2D eigenvalue weighted by atomic mass is 10.0. The van der Waals surface area contributed by atoms with Crippen molar-refractivity contribution in [3.63, 3.8) is 0 Å². The van der Waals surface area contributed by atoms with Crippen LogP contribution in [-0.4, -0.2) is 11.5 Å². The first-order chi connectivity index (χ1) is 8.27. The molecule has 1 unspecified atom stereocenters. The number of aromatic amines is 1. The van der Waals surface area contributed by atoms with Crippen LogP contribution in [-0.2, 0) is 0 Å². The lowest BCUT2D eigenvalue weighted by molar-refractivity contribution is 0.406. The summed E-state index contributed by atoms with van der Waals surface area (Å²) in [6, 6.07) is 6.42. The number of benzene rings is 1. The molecule has 0 radical (unpaired) electrons. The van der Waals surface area contributed by atoms with Crippen LogP contribution in [0.1, 0.15) is 31.0 Å². The van der Waals surface area contributed by atoms with Crippen molar-refractivity contribution < 1.29 is 0 Å². The Morgan fingerprint density at radius 3 is 2.88 bits per heavy atom. The topological polar surface area (TPSA) is 27.8 Å². The van der Waals surface area contributed by atoms with E-state index in [0.29, 0.717) is 6.04 Å². The fourth-order valence-electron chi connectivity index (χ4n) is 2.51. The van der Waals surface area contributed by atoms with Crippen molar-refractivity contribution in [2.24, 2.45) is 0 Å². The second-order valence-electron chi connectivity index (χ2n) is 4.52. The molecule has 4 heteroatoms. The summed E-state index contributed by atoms with van der Waals surface area (Å²) in [6.45, 7) is 1.10. The van der Waals surface area contributed by atoms with Gasteiger partial charge >= 0.3 is 0 Å². The van der Waals surface area contributed by atoms with Crippen LogP contribution in [0.4, 0.5) is 0 Å². The van der Waals surface area contributed by atoms with Crippen molar-refractivity contribution >= 4 is 38.4 Å². The average molecular weight is 314 g/mol. The van der Waals surface area contributed by atoms with Crippen molar-refractivity contribution in [1.29, 1.82) is 0 Å². The van der Waals surface area contributed by atoms with Gasteiger partial charge in [-0.05, 0) is 41.4 Å². The molecule has 0 amide bonds. The normalized spacial score (nSPS) is 20.9. The SMILES string of the molecule is Clc1cccc2c(Br)c(C3CCCCN3)[nH]c12. The van der Waals surface area contributed by atoms with E-state index < -0.39 is 0 Å². The number of piperidine rings is 1. The summed E-state index contributed by atoms with van der Waals surface area (Å²) in [5, 5.41) is 5.50. The molecule has 0 bridgehead atoms. The van der Waals surface area contributed by atoms with Crippen molar-refractivity contribution in [1.82, 2.24) is 10.3 Å². The van der Waals surface area contributed by atoms with Crippen LogP contribution in [0, 0.1) is 0 Å². The number of fused-ring (bicyclic) bond motifs is 1. The smallest absolute Gasteiger partial charge is 0.0657 e. The van der Waals surface area contributed by atoms with Crippen LogP contribution in [0.5, 0.6) is 0 Å². The van der Waals surface area contributed by atoms with Gasteiger partial charge in [0.05, 0.1) is 10.5 Å². The first-order valence-electron chi connectivity index (χ1n) is 5.96. The first-order valence-corrected chi connectivity index (χ1v) is 7.13. The highest BCUT2D eigenvalue weighted by atomic mass is 79.9. The predicted molar refractivity (Wildman–Crippen MR) is 75.6 cm³/mol. The van der Waals surface area contributed by atoms with E-state index in [2.05, 4.69) is 32.3 Å². The molecular weight excluding hydrogens is 300 g/mol. The summed E-state index contributed by atoms with van der Waals surface area (Å²) < 4.78 is 1.15. The molecule has 1 aromatic carbocycles. The Morgan fingerprint density at radius 2 is 2.18 bits per heavy atom. The van der Waals surface area contributed by atoms with E-state index in [4.69, 9.17) is 11.6 Å². The maximum Gasteiger partial charge on any atom is 0.0657 e. The fraction of sp³-hybridized carbons (Fsp3) is 0.385. The Kier molecular flexibility index (Phi) is 3.16. The van der Waals surface area contributed by atoms with Crippen molar-refractivity contribution in [3.05, 3.63) is 33.4 Å². The van der Waals surface area contributed by atoms with Gasteiger partial charge in [-0.25, -0.2) is 0 Å². The monoisotopic (exact) mass is 312 g/mol. The number of rotatable bonds is 1. The van der Waals surface area contributed by atoms with Gasteiger partial charge < -0.3 is 10.3 Å². The zero-order valence-electron chi connectivity index (χ0n) is 9.39. The molecule has 90 valence electrons. The molecule has 1 aromatic heterocycles. The highest BCUT2D eigenvalue weighted by Crippen LogP contribution is 2.36. The van der Waals surface area contributed by atoms with Gasteiger partial charge in [0, 0.05) is 21.6 Å². The van der Waals surface area contributed by atoms with Gasteiger partial charge in [-0.1, -0.05) is 30.2 Å². The molecule has 0 saturated carbocycles. The Labute approximate surface area is 114 Å². The molecule has 1 aliphatic rings. The summed E-state index contributed by atoms with van der Waals surface area (Å²) in [4.78, 5) is 3.46. The van der Waals surface area contributed by atoms with Gasteiger partial charge in [0.2, 0.25) is 0 Å². The van der Waals surface area contributed by atoms with Crippen molar-refractivity contribution in [3.8, 4) is 0 Å². The number of hydrogen-bond acceptors (Lipinski definition) is 1. The summed E-state index contributed by atoms with van der Waals surface area (Å²) in [5.41, 5.74) is 2.26. The molecule has 2 nitrogen and oxygen atoms in total. The van der Waals surface area contributed by atoms with Crippen molar-refractivity contribution in [2.45, 2.75) is 25.3 Å². The zero-order valence-corrected chi connectivity index (χ0v) is 11.7. The van der Waals surface area contributed by atoms with Gasteiger partial charge in [-0.15, -0.1) is 0 Å². The summed E-state index contributed by atoms with van der Waals surface area (Å²) in [7, 11) is 0. The lowest BCUT2D eigenvalue weighted by Gasteiger charge is -2.22. The maximum atomic E-state index is 6.21. The van der Waals surface area contributed by atoms with Gasteiger partial charge in [-0.3, -0.25) is 0 Å². The molecule has 1 saturated heterocycles. The minimum absolute atomic E-state index is 0.418. The average Bonchev–Trinajstić information content (AvgIpc) is 2.70. The number of halogens is 2. The highest BCUT2D eigenvalue weighted by Gasteiger charge is 2.21. The largest absolute Gasteiger partial charge is 0.355 e. The summed E-state index contributed by atoms with van der Waals surface area (Å²) in [5.74, 6) is 0. The molecule has 17 heavy (non-hydrogen) atoms. The molecule has 2 aromatic rings. The van der Waals surface area contributed by atoms with E-state index in [-0.39, 0.29) is 0 Å². The Morgan fingerprint density at radius 1 is 1.29 bits per heavy atom. The van der Waals surface area contributed by atoms with Crippen LogP contribution in [0.15, 0.2) is 22.7 Å². The minimum Gasteiger partial charge on any atom is -0.355 e. The van der Waals surface area contributed by atoms with Crippen LogP contribution < -0.4 is 5.32 Å². The number of para-hydroxylation sites is 1. The van der Waals surface area contributed by atoms with Crippen molar-refractivity contribution in [2.75, 3.05) is 6.54 Å². The molecule has 0 spiro atoms. The molecule has 1 fully saturated rings.